The van der Waals surface area contributed by atoms with E-state index in [1.165, 1.54) is 7.11 Å². The van der Waals surface area contributed by atoms with Crippen molar-refractivity contribution in [2.45, 2.75) is 19.3 Å². The van der Waals surface area contributed by atoms with Gasteiger partial charge in [-0.25, -0.2) is 0 Å². The van der Waals surface area contributed by atoms with Crippen LogP contribution in [0.1, 0.15) is 19.3 Å². The van der Waals surface area contributed by atoms with E-state index in [-0.39, 0.29) is 17.8 Å². The zero-order valence-corrected chi connectivity index (χ0v) is 12.3. The molecule has 1 aliphatic heterocycles. The van der Waals surface area contributed by atoms with E-state index in [4.69, 9.17) is 9.47 Å². The Balaban J connectivity index is 1.76. The molecule has 0 aliphatic carbocycles. The number of hydrogen-bond acceptors (Lipinski definition) is 4. The van der Waals surface area contributed by atoms with E-state index in [9.17, 15) is 9.59 Å². The normalized spacial score (nSPS) is 18.1. The van der Waals surface area contributed by atoms with Gasteiger partial charge < -0.3 is 14.4 Å². The molecule has 1 aromatic carbocycles. The smallest absolute Gasteiger partial charge is 0.310 e. The molecule has 1 aliphatic rings. The average molecular weight is 291 g/mol. The molecule has 1 saturated heterocycles. The molecule has 1 fully saturated rings. The topological polar surface area (TPSA) is 55.8 Å². The molecule has 1 amide bonds. The predicted octanol–water partition coefficient (Wildman–Crippen LogP) is 1.87. The number of piperidine rings is 1. The molecule has 2 rings (SSSR count). The Kier molecular flexibility index (Phi) is 5.60. The lowest BCUT2D eigenvalue weighted by Crippen LogP contribution is -2.43. The van der Waals surface area contributed by atoms with Crippen LogP contribution in [0.3, 0.4) is 0 Å². The molecule has 0 spiro atoms. The monoisotopic (exact) mass is 291 g/mol. The Morgan fingerprint density at radius 2 is 2.05 bits per heavy atom. The van der Waals surface area contributed by atoms with E-state index >= 15 is 0 Å². The molecule has 1 unspecified atom stereocenters. The Bertz CT molecular complexity index is 474. The molecule has 5 heteroatoms. The molecule has 114 valence electrons. The fraction of sp³-hybridized carbons (Fsp3) is 0.500. The second-order valence-electron chi connectivity index (χ2n) is 5.11. The predicted molar refractivity (Wildman–Crippen MR) is 77.9 cm³/mol. The first kappa shape index (κ1) is 15.4. The van der Waals surface area contributed by atoms with Crippen LogP contribution in [-0.4, -0.2) is 43.6 Å². The van der Waals surface area contributed by atoms with Gasteiger partial charge in [-0.3, -0.25) is 9.59 Å². The Labute approximate surface area is 124 Å². The van der Waals surface area contributed by atoms with Crippen LogP contribution >= 0.6 is 0 Å². The number of carbonyl (C=O) groups excluding carboxylic acids is 2. The Hall–Kier alpha value is -2.04. The van der Waals surface area contributed by atoms with Crippen LogP contribution in [0.4, 0.5) is 0 Å². The molecule has 0 aromatic heterocycles. The number of ether oxygens (including phenoxy) is 2. The van der Waals surface area contributed by atoms with E-state index in [1.807, 2.05) is 30.3 Å². The SMILES string of the molecule is COC(=O)C1CCCN(C(=O)CCOc2ccccc2)C1. The molecule has 1 aromatic rings. The van der Waals surface area contributed by atoms with Gasteiger partial charge in [0.2, 0.25) is 5.91 Å². The lowest BCUT2D eigenvalue weighted by Gasteiger charge is -2.31. The largest absolute Gasteiger partial charge is 0.493 e. The summed E-state index contributed by atoms with van der Waals surface area (Å²) in [7, 11) is 1.39. The van der Waals surface area contributed by atoms with Gasteiger partial charge in [0.05, 0.1) is 26.1 Å². The first-order valence-electron chi connectivity index (χ1n) is 7.24. The molecular weight excluding hydrogens is 270 g/mol. The highest BCUT2D eigenvalue weighted by atomic mass is 16.5. The standard InChI is InChI=1S/C16H21NO4/c1-20-16(19)13-6-5-10-17(12-13)15(18)9-11-21-14-7-3-2-4-8-14/h2-4,7-8,13H,5-6,9-12H2,1H3. The summed E-state index contributed by atoms with van der Waals surface area (Å²) in [6.07, 6.45) is 1.95. The third-order valence-corrected chi connectivity index (χ3v) is 3.64. The van der Waals surface area contributed by atoms with Gasteiger partial charge in [0.1, 0.15) is 5.75 Å². The Morgan fingerprint density at radius 1 is 1.29 bits per heavy atom. The quantitative estimate of drug-likeness (QED) is 0.777. The third kappa shape index (κ3) is 4.48. The molecule has 1 atom stereocenters. The average Bonchev–Trinajstić information content (AvgIpc) is 2.55. The zero-order valence-electron chi connectivity index (χ0n) is 12.3. The van der Waals surface area contributed by atoms with Crippen molar-refractivity contribution in [3.63, 3.8) is 0 Å². The minimum atomic E-state index is -0.229. The maximum absolute atomic E-state index is 12.1. The van der Waals surface area contributed by atoms with Crippen LogP contribution in [0.5, 0.6) is 5.75 Å². The highest BCUT2D eigenvalue weighted by Gasteiger charge is 2.28. The van der Waals surface area contributed by atoms with E-state index in [0.29, 0.717) is 26.1 Å². The van der Waals surface area contributed by atoms with Crippen LogP contribution in [0.2, 0.25) is 0 Å². The number of carbonyl (C=O) groups is 2. The van der Waals surface area contributed by atoms with Crippen molar-refractivity contribution in [2.75, 3.05) is 26.8 Å². The van der Waals surface area contributed by atoms with Crippen molar-refractivity contribution in [3.05, 3.63) is 30.3 Å². The van der Waals surface area contributed by atoms with E-state index < -0.39 is 0 Å². The molecule has 0 saturated carbocycles. The van der Waals surface area contributed by atoms with Crippen molar-refractivity contribution in [2.24, 2.45) is 5.92 Å². The summed E-state index contributed by atoms with van der Waals surface area (Å²) in [5.41, 5.74) is 0. The summed E-state index contributed by atoms with van der Waals surface area (Å²) in [4.78, 5) is 25.4. The second-order valence-corrected chi connectivity index (χ2v) is 5.11. The van der Waals surface area contributed by atoms with Crippen LogP contribution in [-0.2, 0) is 14.3 Å². The number of likely N-dealkylation sites (tertiary alicyclic amines) is 1. The number of benzene rings is 1. The van der Waals surface area contributed by atoms with Crippen LogP contribution < -0.4 is 4.74 Å². The van der Waals surface area contributed by atoms with E-state index in [0.717, 1.165) is 18.6 Å². The summed E-state index contributed by atoms with van der Waals surface area (Å²) >= 11 is 0. The number of esters is 1. The number of nitrogens with zero attached hydrogens (tertiary/aromatic N) is 1. The van der Waals surface area contributed by atoms with Gasteiger partial charge in [-0.15, -0.1) is 0 Å². The van der Waals surface area contributed by atoms with Gasteiger partial charge >= 0.3 is 5.97 Å². The van der Waals surface area contributed by atoms with E-state index in [2.05, 4.69) is 0 Å². The molecule has 0 radical (unpaired) electrons. The molecule has 0 N–H and O–H groups in total. The minimum Gasteiger partial charge on any atom is -0.493 e. The van der Waals surface area contributed by atoms with Gasteiger partial charge in [0, 0.05) is 13.1 Å². The van der Waals surface area contributed by atoms with Gasteiger partial charge in [0.15, 0.2) is 0 Å². The second kappa shape index (κ2) is 7.67. The summed E-state index contributed by atoms with van der Waals surface area (Å²) in [6.45, 7) is 1.51. The summed E-state index contributed by atoms with van der Waals surface area (Å²) in [5, 5.41) is 0. The first-order valence-corrected chi connectivity index (χ1v) is 7.24. The molecule has 21 heavy (non-hydrogen) atoms. The summed E-state index contributed by atoms with van der Waals surface area (Å²) in [5.74, 6) is 0.367. The number of methoxy groups -OCH3 is 1. The third-order valence-electron chi connectivity index (χ3n) is 3.64. The summed E-state index contributed by atoms with van der Waals surface area (Å²) in [6, 6.07) is 9.42. The lowest BCUT2D eigenvalue weighted by molar-refractivity contribution is -0.149. The first-order chi connectivity index (χ1) is 10.2. The number of amides is 1. The number of para-hydroxylation sites is 1. The van der Waals surface area contributed by atoms with Crippen LogP contribution in [0.15, 0.2) is 30.3 Å². The number of hydrogen-bond donors (Lipinski definition) is 0. The fourth-order valence-electron chi connectivity index (χ4n) is 2.49. The van der Waals surface area contributed by atoms with Crippen molar-refractivity contribution < 1.29 is 19.1 Å². The van der Waals surface area contributed by atoms with Gasteiger partial charge in [-0.05, 0) is 25.0 Å². The van der Waals surface area contributed by atoms with Crippen molar-refractivity contribution >= 4 is 11.9 Å². The highest BCUT2D eigenvalue weighted by Crippen LogP contribution is 2.18. The van der Waals surface area contributed by atoms with Gasteiger partial charge in [-0.2, -0.15) is 0 Å². The maximum atomic E-state index is 12.1. The van der Waals surface area contributed by atoms with Gasteiger partial charge in [0.25, 0.3) is 0 Å². The zero-order chi connectivity index (χ0) is 15.1. The minimum absolute atomic E-state index is 0.0273. The molecule has 5 nitrogen and oxygen atoms in total. The lowest BCUT2D eigenvalue weighted by atomic mass is 9.98. The number of rotatable bonds is 5. The maximum Gasteiger partial charge on any atom is 0.310 e. The van der Waals surface area contributed by atoms with Crippen LogP contribution in [0.25, 0.3) is 0 Å². The molecule has 1 heterocycles. The molecule has 0 bridgehead atoms. The van der Waals surface area contributed by atoms with E-state index in [1.54, 1.807) is 4.90 Å². The molecular formula is C16H21NO4. The van der Waals surface area contributed by atoms with Crippen molar-refractivity contribution in [1.29, 1.82) is 0 Å². The van der Waals surface area contributed by atoms with Crippen molar-refractivity contribution in [1.82, 2.24) is 4.90 Å². The highest BCUT2D eigenvalue weighted by molar-refractivity contribution is 5.78. The van der Waals surface area contributed by atoms with Gasteiger partial charge in [-0.1, -0.05) is 18.2 Å². The van der Waals surface area contributed by atoms with Crippen LogP contribution in [0, 0.1) is 5.92 Å². The summed E-state index contributed by atoms with van der Waals surface area (Å²) < 4.78 is 10.3. The Morgan fingerprint density at radius 3 is 2.76 bits per heavy atom. The fourth-order valence-corrected chi connectivity index (χ4v) is 2.49. The van der Waals surface area contributed by atoms with Crippen molar-refractivity contribution in [3.8, 4) is 5.75 Å².